The van der Waals surface area contributed by atoms with E-state index >= 15 is 0 Å². The maximum atomic E-state index is 13.7. The van der Waals surface area contributed by atoms with Crippen molar-refractivity contribution in [2.45, 2.75) is 51.6 Å². The van der Waals surface area contributed by atoms with E-state index in [4.69, 9.17) is 9.26 Å². The van der Waals surface area contributed by atoms with E-state index in [-0.39, 0.29) is 17.4 Å². The van der Waals surface area contributed by atoms with Crippen LogP contribution in [0.15, 0.2) is 22.7 Å². The minimum absolute atomic E-state index is 0.187. The van der Waals surface area contributed by atoms with Crippen molar-refractivity contribution in [1.82, 2.24) is 15.0 Å². The van der Waals surface area contributed by atoms with Crippen LogP contribution in [-0.4, -0.2) is 46.4 Å². The van der Waals surface area contributed by atoms with Gasteiger partial charge >= 0.3 is 6.03 Å². The number of carbonyl (C=O) groups excluding carboxylic acids is 1. The summed E-state index contributed by atoms with van der Waals surface area (Å²) in [5.74, 6) is 1.48. The summed E-state index contributed by atoms with van der Waals surface area (Å²) in [6.45, 7) is 5.42. The van der Waals surface area contributed by atoms with E-state index in [1.807, 2.05) is 0 Å². The standard InChI is InChI=1S/C21H27FN4O3/c1-14-17(22)4-3-5-18(14)24-20(27)26-9-7-21(8-10-26)13-16(6-11-28-21)12-19-23-15(2)29-25-19/h3-5,16H,6-13H2,1-2H3,(H,24,27). The summed E-state index contributed by atoms with van der Waals surface area (Å²) in [5.41, 5.74) is 0.775. The van der Waals surface area contributed by atoms with Gasteiger partial charge in [-0.2, -0.15) is 4.98 Å². The third kappa shape index (κ3) is 4.42. The molecule has 2 aromatic rings. The average molecular weight is 402 g/mol. The Morgan fingerprint density at radius 3 is 2.86 bits per heavy atom. The predicted molar refractivity (Wildman–Crippen MR) is 105 cm³/mol. The Bertz CT molecular complexity index is 877. The van der Waals surface area contributed by atoms with Crippen LogP contribution in [0.5, 0.6) is 0 Å². The lowest BCUT2D eigenvalue weighted by molar-refractivity contribution is -0.122. The van der Waals surface area contributed by atoms with Gasteiger partial charge in [-0.3, -0.25) is 0 Å². The largest absolute Gasteiger partial charge is 0.375 e. The third-order valence-corrected chi connectivity index (χ3v) is 6.11. The van der Waals surface area contributed by atoms with E-state index in [0.717, 1.165) is 44.5 Å². The molecule has 1 atom stereocenters. The SMILES string of the molecule is Cc1nc(CC2CCOC3(CCN(C(=O)Nc4cccc(F)c4C)CC3)C2)no1. The van der Waals surface area contributed by atoms with Gasteiger partial charge in [0.1, 0.15) is 5.82 Å². The number of amides is 2. The molecule has 0 radical (unpaired) electrons. The summed E-state index contributed by atoms with van der Waals surface area (Å²) in [5, 5.41) is 6.85. The minimum Gasteiger partial charge on any atom is -0.375 e. The number of ether oxygens (including phenoxy) is 1. The van der Waals surface area contributed by atoms with E-state index in [9.17, 15) is 9.18 Å². The maximum absolute atomic E-state index is 13.7. The number of benzene rings is 1. The van der Waals surface area contributed by atoms with Gasteiger partial charge in [-0.15, -0.1) is 0 Å². The van der Waals surface area contributed by atoms with Crippen LogP contribution in [0.3, 0.4) is 0 Å². The van der Waals surface area contributed by atoms with E-state index in [1.54, 1.807) is 30.9 Å². The van der Waals surface area contributed by atoms with Crippen LogP contribution >= 0.6 is 0 Å². The number of hydrogen-bond donors (Lipinski definition) is 1. The second-order valence-corrected chi connectivity index (χ2v) is 8.15. The van der Waals surface area contributed by atoms with Gasteiger partial charge in [-0.1, -0.05) is 11.2 Å². The third-order valence-electron chi connectivity index (χ3n) is 6.11. The van der Waals surface area contributed by atoms with Crippen molar-refractivity contribution in [3.63, 3.8) is 0 Å². The number of carbonyl (C=O) groups is 1. The molecule has 2 aliphatic rings. The van der Waals surface area contributed by atoms with E-state index < -0.39 is 0 Å². The molecule has 8 heteroatoms. The van der Waals surface area contributed by atoms with Gasteiger partial charge in [0.25, 0.3) is 0 Å². The summed E-state index contributed by atoms with van der Waals surface area (Å²) in [7, 11) is 0. The zero-order chi connectivity index (χ0) is 20.4. The smallest absolute Gasteiger partial charge is 0.321 e. The number of aromatic nitrogens is 2. The van der Waals surface area contributed by atoms with E-state index in [1.165, 1.54) is 6.07 Å². The quantitative estimate of drug-likeness (QED) is 0.843. The molecule has 0 saturated carbocycles. The second-order valence-electron chi connectivity index (χ2n) is 8.15. The van der Waals surface area contributed by atoms with Gasteiger partial charge in [0.15, 0.2) is 5.82 Å². The molecule has 1 aromatic heterocycles. The van der Waals surface area contributed by atoms with Crippen LogP contribution < -0.4 is 5.32 Å². The first-order valence-electron chi connectivity index (χ1n) is 10.2. The van der Waals surface area contributed by atoms with Crippen molar-refractivity contribution in [3.8, 4) is 0 Å². The van der Waals surface area contributed by atoms with Crippen molar-refractivity contribution < 1.29 is 18.4 Å². The highest BCUT2D eigenvalue weighted by atomic mass is 19.1. The summed E-state index contributed by atoms with van der Waals surface area (Å²) < 4.78 is 25.0. The molecule has 2 fully saturated rings. The molecule has 2 aliphatic heterocycles. The lowest BCUT2D eigenvalue weighted by atomic mass is 9.78. The number of nitrogens with one attached hydrogen (secondary N) is 1. The number of hydrogen-bond acceptors (Lipinski definition) is 5. The fraction of sp³-hybridized carbons (Fsp3) is 0.571. The molecule has 4 rings (SSSR count). The van der Waals surface area contributed by atoms with Crippen LogP contribution in [0.4, 0.5) is 14.9 Å². The van der Waals surface area contributed by atoms with Crippen molar-refractivity contribution >= 4 is 11.7 Å². The Morgan fingerprint density at radius 1 is 1.34 bits per heavy atom. The number of likely N-dealkylation sites (tertiary alicyclic amines) is 1. The Balaban J connectivity index is 1.33. The molecule has 156 valence electrons. The molecule has 2 saturated heterocycles. The highest BCUT2D eigenvalue weighted by Crippen LogP contribution is 2.38. The van der Waals surface area contributed by atoms with Gasteiger partial charge in [-0.05, 0) is 50.7 Å². The molecule has 7 nitrogen and oxygen atoms in total. The summed E-state index contributed by atoms with van der Waals surface area (Å²) in [6.07, 6.45) is 4.32. The highest BCUT2D eigenvalue weighted by Gasteiger charge is 2.41. The molecule has 1 aromatic carbocycles. The number of urea groups is 1. The Kier molecular flexibility index (Phi) is 5.54. The number of aryl methyl sites for hydroxylation is 1. The maximum Gasteiger partial charge on any atom is 0.321 e. The van der Waals surface area contributed by atoms with Gasteiger partial charge in [0.2, 0.25) is 5.89 Å². The molecule has 29 heavy (non-hydrogen) atoms. The monoisotopic (exact) mass is 402 g/mol. The predicted octanol–water partition coefficient (Wildman–Crippen LogP) is 3.86. The Hall–Kier alpha value is -2.48. The average Bonchev–Trinajstić information content (AvgIpc) is 3.11. The number of nitrogens with zero attached hydrogens (tertiary/aromatic N) is 3. The van der Waals surface area contributed by atoms with Gasteiger partial charge < -0.3 is 19.5 Å². The first-order chi connectivity index (χ1) is 13.9. The van der Waals surface area contributed by atoms with Gasteiger partial charge in [0, 0.05) is 44.3 Å². The first-order valence-corrected chi connectivity index (χ1v) is 10.2. The zero-order valence-corrected chi connectivity index (χ0v) is 16.9. The lowest BCUT2D eigenvalue weighted by Gasteiger charge is -2.46. The molecule has 0 bridgehead atoms. The van der Waals surface area contributed by atoms with Gasteiger partial charge in [0.05, 0.1) is 5.60 Å². The molecule has 3 heterocycles. The van der Waals surface area contributed by atoms with Crippen LogP contribution in [0.25, 0.3) is 0 Å². The van der Waals surface area contributed by atoms with Crippen molar-refractivity contribution in [2.24, 2.45) is 5.92 Å². The lowest BCUT2D eigenvalue weighted by Crippen LogP contribution is -2.51. The number of piperidine rings is 1. The van der Waals surface area contributed by atoms with E-state index in [0.29, 0.717) is 36.1 Å². The van der Waals surface area contributed by atoms with Crippen molar-refractivity contribution in [2.75, 3.05) is 25.0 Å². The molecule has 2 amide bonds. The fourth-order valence-electron chi connectivity index (χ4n) is 4.39. The fourth-order valence-corrected chi connectivity index (χ4v) is 4.39. The van der Waals surface area contributed by atoms with Crippen molar-refractivity contribution in [1.29, 1.82) is 0 Å². The summed E-state index contributed by atoms with van der Waals surface area (Å²) >= 11 is 0. The summed E-state index contributed by atoms with van der Waals surface area (Å²) in [6, 6.07) is 4.52. The second kappa shape index (κ2) is 8.10. The Morgan fingerprint density at radius 2 is 2.14 bits per heavy atom. The first kappa shape index (κ1) is 19.8. The Labute approximate surface area is 169 Å². The van der Waals surface area contributed by atoms with Crippen molar-refractivity contribution in [3.05, 3.63) is 41.3 Å². The van der Waals surface area contributed by atoms with Gasteiger partial charge in [-0.25, -0.2) is 9.18 Å². The molecule has 1 N–H and O–H groups in total. The van der Waals surface area contributed by atoms with Crippen LogP contribution in [0.1, 0.15) is 43.0 Å². The minimum atomic E-state index is -0.321. The molecular formula is C21H27FN4O3. The molecule has 1 unspecified atom stereocenters. The highest BCUT2D eigenvalue weighted by molar-refractivity contribution is 5.90. The normalized spacial score (nSPS) is 21.3. The topological polar surface area (TPSA) is 80.5 Å². The van der Waals surface area contributed by atoms with Crippen LogP contribution in [-0.2, 0) is 11.2 Å². The molecule has 0 aliphatic carbocycles. The number of halogens is 1. The molecule has 1 spiro atoms. The van der Waals surface area contributed by atoms with Crippen LogP contribution in [0, 0.1) is 25.6 Å². The number of rotatable bonds is 3. The van der Waals surface area contributed by atoms with E-state index in [2.05, 4.69) is 15.5 Å². The van der Waals surface area contributed by atoms with Crippen LogP contribution in [0.2, 0.25) is 0 Å². The number of anilines is 1. The summed E-state index contributed by atoms with van der Waals surface area (Å²) in [4.78, 5) is 18.7. The molecular weight excluding hydrogens is 375 g/mol. The zero-order valence-electron chi connectivity index (χ0n) is 16.9.